The van der Waals surface area contributed by atoms with Gasteiger partial charge >= 0.3 is 11.9 Å². The number of hydrogen-bond acceptors (Lipinski definition) is 10. The zero-order valence-electron chi connectivity index (χ0n) is 13.7. The minimum absolute atomic E-state index is 0.362. The Hall–Kier alpha value is -2.80. The zero-order chi connectivity index (χ0) is 19.7. The van der Waals surface area contributed by atoms with Crippen molar-refractivity contribution in [2.75, 3.05) is 14.2 Å². The highest BCUT2D eigenvalue weighted by molar-refractivity contribution is 7.16. The quantitative estimate of drug-likeness (QED) is 0.246. The molecule has 2 rings (SSSR count). The summed E-state index contributed by atoms with van der Waals surface area (Å²) in [7, 11) is 2.58. The van der Waals surface area contributed by atoms with Crippen molar-refractivity contribution in [1.82, 2.24) is 10.9 Å². The van der Waals surface area contributed by atoms with Crippen molar-refractivity contribution in [1.29, 1.82) is 0 Å². The zero-order valence-corrected chi connectivity index (χ0v) is 15.4. The fourth-order valence-electron chi connectivity index (χ4n) is 1.48. The van der Waals surface area contributed by atoms with E-state index in [9.17, 15) is 19.2 Å². The second-order valence-electron chi connectivity index (χ2n) is 4.26. The van der Waals surface area contributed by atoms with E-state index in [1.165, 1.54) is 38.5 Å². The first-order valence-corrected chi connectivity index (χ1v) is 8.39. The molecule has 140 valence electrons. The molecule has 2 aromatic rings. The Bertz CT molecular complexity index is 674. The van der Waals surface area contributed by atoms with Crippen molar-refractivity contribution in [3.63, 3.8) is 0 Å². The molecule has 6 N–H and O–H groups in total. The van der Waals surface area contributed by atoms with Crippen LogP contribution in [-0.2, 0) is 9.47 Å². The predicted molar refractivity (Wildman–Crippen MR) is 94.6 cm³/mol. The van der Waals surface area contributed by atoms with Crippen LogP contribution in [-0.4, -0.2) is 38.0 Å². The van der Waals surface area contributed by atoms with Crippen LogP contribution in [0.25, 0.3) is 0 Å². The van der Waals surface area contributed by atoms with Gasteiger partial charge in [0, 0.05) is 0 Å². The van der Waals surface area contributed by atoms with Crippen LogP contribution >= 0.6 is 22.7 Å². The second-order valence-corrected chi connectivity index (χ2v) is 6.43. The second kappa shape index (κ2) is 10.2. The van der Waals surface area contributed by atoms with E-state index >= 15 is 0 Å². The summed E-state index contributed by atoms with van der Waals surface area (Å²) < 4.78 is 8.96. The Kier molecular flexibility index (Phi) is 8.37. The summed E-state index contributed by atoms with van der Waals surface area (Å²) in [5.41, 5.74) is 3.92. The van der Waals surface area contributed by atoms with Crippen LogP contribution in [0.2, 0.25) is 0 Å². The number of thiophene rings is 2. The van der Waals surface area contributed by atoms with Crippen LogP contribution in [0.4, 0.5) is 0 Å². The van der Waals surface area contributed by atoms with Crippen molar-refractivity contribution in [3.8, 4) is 0 Å². The highest BCUT2D eigenvalue weighted by Crippen LogP contribution is 2.18. The third-order valence-electron chi connectivity index (χ3n) is 2.69. The van der Waals surface area contributed by atoms with Gasteiger partial charge < -0.3 is 9.47 Å². The topological polar surface area (TPSA) is 163 Å². The normalized spacial score (nSPS) is 9.38. The molecule has 0 aliphatic heterocycles. The van der Waals surface area contributed by atoms with Gasteiger partial charge in [-0.2, -0.15) is 0 Å². The molecule has 12 heteroatoms. The highest BCUT2D eigenvalue weighted by Gasteiger charge is 2.13. The van der Waals surface area contributed by atoms with Gasteiger partial charge in [-0.1, -0.05) is 0 Å². The van der Waals surface area contributed by atoms with Crippen LogP contribution < -0.4 is 22.5 Å². The van der Waals surface area contributed by atoms with Gasteiger partial charge in [-0.05, 0) is 24.3 Å². The minimum Gasteiger partial charge on any atom is -0.465 e. The summed E-state index contributed by atoms with van der Waals surface area (Å²) in [5, 5.41) is 0. The molecule has 0 aliphatic carbocycles. The van der Waals surface area contributed by atoms with Gasteiger partial charge in [-0.15, -0.1) is 22.7 Å². The van der Waals surface area contributed by atoms with E-state index in [2.05, 4.69) is 9.47 Å². The molecular formula is C14H16N4O6S2. The number of hydrazine groups is 2. The maximum atomic E-state index is 11.0. The van der Waals surface area contributed by atoms with E-state index in [1.54, 1.807) is 0 Å². The lowest BCUT2D eigenvalue weighted by Crippen LogP contribution is -2.29. The van der Waals surface area contributed by atoms with Crippen molar-refractivity contribution >= 4 is 46.4 Å². The lowest BCUT2D eigenvalue weighted by Gasteiger charge is -1.93. The van der Waals surface area contributed by atoms with Gasteiger partial charge in [0.05, 0.1) is 24.0 Å². The molecule has 0 saturated heterocycles. The lowest BCUT2D eigenvalue weighted by molar-refractivity contribution is 0.0599. The fraction of sp³-hybridized carbons (Fsp3) is 0.143. The van der Waals surface area contributed by atoms with E-state index in [1.807, 2.05) is 10.9 Å². The molecule has 0 spiro atoms. The number of nitrogens with two attached hydrogens (primary N) is 2. The number of amides is 2. The molecule has 2 heterocycles. The van der Waals surface area contributed by atoms with Gasteiger partial charge in [0.1, 0.15) is 9.75 Å². The van der Waals surface area contributed by atoms with Gasteiger partial charge in [0.25, 0.3) is 11.8 Å². The first-order valence-electron chi connectivity index (χ1n) is 6.76. The Balaban J connectivity index is 0.000000260. The van der Waals surface area contributed by atoms with Gasteiger partial charge in [-0.3, -0.25) is 20.4 Å². The predicted octanol–water partition coefficient (Wildman–Crippen LogP) is 0.276. The summed E-state index contributed by atoms with van der Waals surface area (Å²) in [6.07, 6.45) is 0. The number of rotatable bonds is 4. The van der Waals surface area contributed by atoms with Gasteiger partial charge in [0.15, 0.2) is 0 Å². The maximum Gasteiger partial charge on any atom is 0.348 e. The average Bonchev–Trinajstić information content (AvgIpc) is 3.35. The molecule has 0 saturated carbocycles. The Morgan fingerprint density at radius 3 is 1.35 bits per heavy atom. The first kappa shape index (κ1) is 21.2. The monoisotopic (exact) mass is 400 g/mol. The van der Waals surface area contributed by atoms with Crippen LogP contribution in [0.5, 0.6) is 0 Å². The number of carbonyl (C=O) groups is 4. The standard InChI is InChI=1S/C8H8O4S.C6H8N4O2S/c1-11-7(9)5-3-4-6(13-5)8(10)12-2;7-9-5(11)3-1-2-4(13-3)6(12)10-8/h3-4H,1-2H3;1-2H,7-8H2,(H,9,11)(H,10,12). The van der Waals surface area contributed by atoms with E-state index in [0.29, 0.717) is 19.5 Å². The molecule has 2 aromatic heterocycles. The van der Waals surface area contributed by atoms with Gasteiger partial charge in [0.2, 0.25) is 0 Å². The summed E-state index contributed by atoms with van der Waals surface area (Å²) in [6.45, 7) is 0. The molecule has 0 fully saturated rings. The third kappa shape index (κ3) is 5.63. The van der Waals surface area contributed by atoms with Crippen LogP contribution in [0.3, 0.4) is 0 Å². The number of methoxy groups -OCH3 is 2. The SMILES string of the molecule is COC(=O)c1ccc(C(=O)OC)s1.NNC(=O)c1ccc(C(=O)NN)s1. The van der Waals surface area contributed by atoms with E-state index in [0.717, 1.165) is 22.7 Å². The molecule has 0 radical (unpaired) electrons. The van der Waals surface area contributed by atoms with E-state index in [4.69, 9.17) is 11.7 Å². The molecule has 0 bridgehead atoms. The number of carbonyl (C=O) groups excluding carboxylic acids is 4. The molecule has 0 atom stereocenters. The average molecular weight is 400 g/mol. The van der Waals surface area contributed by atoms with E-state index < -0.39 is 23.8 Å². The van der Waals surface area contributed by atoms with Crippen molar-refractivity contribution in [3.05, 3.63) is 43.8 Å². The smallest absolute Gasteiger partial charge is 0.348 e. The largest absolute Gasteiger partial charge is 0.465 e. The number of hydrogen-bond donors (Lipinski definition) is 4. The van der Waals surface area contributed by atoms with Crippen LogP contribution in [0.15, 0.2) is 24.3 Å². The molecule has 0 aromatic carbocycles. The number of esters is 2. The molecule has 0 unspecified atom stereocenters. The Labute approximate surface area is 156 Å². The summed E-state index contributed by atoms with van der Waals surface area (Å²) in [6, 6.07) is 6.06. The first-order chi connectivity index (χ1) is 12.4. The minimum atomic E-state index is -0.444. The summed E-state index contributed by atoms with van der Waals surface area (Å²) in [4.78, 5) is 45.4. The molecule has 2 amide bonds. The van der Waals surface area contributed by atoms with E-state index in [-0.39, 0.29) is 0 Å². The highest BCUT2D eigenvalue weighted by atomic mass is 32.1. The van der Waals surface area contributed by atoms with Gasteiger partial charge in [-0.25, -0.2) is 21.3 Å². The van der Waals surface area contributed by atoms with Crippen molar-refractivity contribution in [2.24, 2.45) is 11.7 Å². The Morgan fingerprint density at radius 1 is 0.731 bits per heavy atom. The fourth-order valence-corrected chi connectivity index (χ4v) is 3.14. The van der Waals surface area contributed by atoms with Crippen LogP contribution in [0, 0.1) is 0 Å². The molecule has 26 heavy (non-hydrogen) atoms. The van der Waals surface area contributed by atoms with Crippen molar-refractivity contribution < 1.29 is 28.7 Å². The third-order valence-corrected chi connectivity index (χ3v) is 4.82. The Morgan fingerprint density at radius 2 is 1.04 bits per heavy atom. The number of nitrogen functional groups attached to an aromatic ring is 2. The number of nitrogens with one attached hydrogen (secondary N) is 2. The lowest BCUT2D eigenvalue weighted by atomic mass is 10.4. The molecule has 10 nitrogen and oxygen atoms in total. The van der Waals surface area contributed by atoms with Crippen LogP contribution in [0.1, 0.15) is 38.7 Å². The number of ether oxygens (including phenoxy) is 2. The molecular weight excluding hydrogens is 384 g/mol. The van der Waals surface area contributed by atoms with Crippen molar-refractivity contribution in [2.45, 2.75) is 0 Å². The maximum absolute atomic E-state index is 11.0. The summed E-state index contributed by atoms with van der Waals surface area (Å²) in [5.74, 6) is 8.06. The molecule has 0 aliphatic rings. The summed E-state index contributed by atoms with van der Waals surface area (Å²) >= 11 is 2.06.